The number of aromatic nitrogens is 2. The van der Waals surface area contributed by atoms with Crippen molar-refractivity contribution in [1.29, 1.82) is 0 Å². The Morgan fingerprint density at radius 2 is 1.12 bits per heavy atom. The van der Waals surface area contributed by atoms with Gasteiger partial charge in [-0.05, 0) is 36.4 Å². The molecule has 7 rings (SSSR count). The van der Waals surface area contributed by atoms with Crippen LogP contribution in [0.4, 0.5) is 0 Å². The second-order valence-electron chi connectivity index (χ2n) is 8.45. The Morgan fingerprint density at radius 1 is 0.606 bits per heavy atom. The van der Waals surface area contributed by atoms with Crippen molar-refractivity contribution in [3.63, 3.8) is 0 Å². The molecule has 7 heteroatoms. The van der Waals surface area contributed by atoms with Gasteiger partial charge in [0.15, 0.2) is 11.5 Å². The van der Waals surface area contributed by atoms with E-state index in [1.807, 2.05) is 12.1 Å². The quantitative estimate of drug-likeness (QED) is 0.340. The maximum absolute atomic E-state index is 6.24. The molecule has 0 amide bonds. The fourth-order valence-electron chi connectivity index (χ4n) is 4.62. The Balaban J connectivity index is 1.21. The SMILES string of the molecule is c1cc2cc(-c3ccc(-c4cc5ccc(C6=NCCN6)cc5[nH]4)o3)[nH]c2cc1C1=NCCN1. The molecule has 2 aromatic carbocycles. The summed E-state index contributed by atoms with van der Waals surface area (Å²) < 4.78 is 6.24. The van der Waals surface area contributed by atoms with Crippen LogP contribution in [-0.2, 0) is 0 Å². The molecule has 3 aromatic heterocycles. The van der Waals surface area contributed by atoms with E-state index in [0.29, 0.717) is 0 Å². The van der Waals surface area contributed by atoms with Gasteiger partial charge in [0, 0.05) is 46.0 Å². The number of rotatable bonds is 4. The zero-order chi connectivity index (χ0) is 21.8. The highest BCUT2D eigenvalue weighted by atomic mass is 16.3. The summed E-state index contributed by atoms with van der Waals surface area (Å²) in [5.74, 6) is 3.54. The number of amidine groups is 2. The minimum absolute atomic E-state index is 0.808. The summed E-state index contributed by atoms with van der Waals surface area (Å²) in [6.45, 7) is 3.47. The third kappa shape index (κ3) is 3.12. The van der Waals surface area contributed by atoms with E-state index in [2.05, 4.69) is 79.1 Å². The van der Waals surface area contributed by atoms with Crippen LogP contribution in [0.25, 0.3) is 44.7 Å². The summed E-state index contributed by atoms with van der Waals surface area (Å²) in [4.78, 5) is 16.0. The number of fused-ring (bicyclic) bond motifs is 2. The molecule has 5 heterocycles. The molecule has 0 bridgehead atoms. The Morgan fingerprint density at radius 3 is 1.58 bits per heavy atom. The van der Waals surface area contributed by atoms with Crippen LogP contribution < -0.4 is 10.6 Å². The molecule has 0 atom stereocenters. The number of nitrogens with one attached hydrogen (secondary N) is 4. The number of hydrogen-bond acceptors (Lipinski definition) is 5. The average Bonchev–Trinajstić information content (AvgIpc) is 3.68. The number of benzene rings is 2. The molecule has 0 aliphatic carbocycles. The van der Waals surface area contributed by atoms with Crippen LogP contribution in [0.15, 0.2) is 75.1 Å². The third-order valence-electron chi connectivity index (χ3n) is 6.28. The highest BCUT2D eigenvalue weighted by molar-refractivity contribution is 6.03. The van der Waals surface area contributed by atoms with Gasteiger partial charge in [-0.1, -0.05) is 24.3 Å². The van der Waals surface area contributed by atoms with Gasteiger partial charge in [-0.25, -0.2) is 0 Å². The lowest BCUT2D eigenvalue weighted by atomic mass is 10.1. The van der Waals surface area contributed by atoms with Crippen LogP contribution >= 0.6 is 0 Å². The van der Waals surface area contributed by atoms with Crippen molar-refractivity contribution in [3.05, 3.63) is 71.8 Å². The first-order chi connectivity index (χ1) is 16.3. The predicted molar refractivity (Wildman–Crippen MR) is 132 cm³/mol. The van der Waals surface area contributed by atoms with E-state index in [9.17, 15) is 0 Å². The van der Waals surface area contributed by atoms with Gasteiger partial charge in [-0.15, -0.1) is 0 Å². The van der Waals surface area contributed by atoms with E-state index in [-0.39, 0.29) is 0 Å². The van der Waals surface area contributed by atoms with Gasteiger partial charge in [0.25, 0.3) is 0 Å². The maximum Gasteiger partial charge on any atom is 0.151 e. The van der Waals surface area contributed by atoms with E-state index < -0.39 is 0 Å². The number of aliphatic imine (C=N–C) groups is 2. The highest BCUT2D eigenvalue weighted by Crippen LogP contribution is 2.32. The minimum Gasteiger partial charge on any atom is -0.453 e. The van der Waals surface area contributed by atoms with Crippen LogP contribution in [-0.4, -0.2) is 47.8 Å². The zero-order valence-corrected chi connectivity index (χ0v) is 17.9. The van der Waals surface area contributed by atoms with E-state index in [1.165, 1.54) is 0 Å². The Kier molecular flexibility index (Phi) is 3.96. The van der Waals surface area contributed by atoms with Crippen molar-refractivity contribution >= 4 is 33.5 Å². The molecule has 0 saturated carbocycles. The monoisotopic (exact) mass is 434 g/mol. The van der Waals surface area contributed by atoms with Crippen LogP contribution in [0.5, 0.6) is 0 Å². The first kappa shape index (κ1) is 18.3. The average molecular weight is 435 g/mol. The molecule has 162 valence electrons. The maximum atomic E-state index is 6.24. The molecule has 2 aliphatic heterocycles. The van der Waals surface area contributed by atoms with Crippen molar-refractivity contribution in [1.82, 2.24) is 20.6 Å². The number of nitrogens with zero attached hydrogens (tertiary/aromatic N) is 2. The fraction of sp³-hybridized carbons (Fsp3) is 0.154. The first-order valence-corrected chi connectivity index (χ1v) is 11.2. The molecule has 0 saturated heterocycles. The zero-order valence-electron chi connectivity index (χ0n) is 17.9. The topological polar surface area (TPSA) is 93.5 Å². The highest BCUT2D eigenvalue weighted by Gasteiger charge is 2.15. The van der Waals surface area contributed by atoms with Crippen LogP contribution in [0.2, 0.25) is 0 Å². The van der Waals surface area contributed by atoms with Crippen molar-refractivity contribution in [2.45, 2.75) is 0 Å². The van der Waals surface area contributed by atoms with Gasteiger partial charge >= 0.3 is 0 Å². The van der Waals surface area contributed by atoms with Gasteiger partial charge in [0.2, 0.25) is 0 Å². The van der Waals surface area contributed by atoms with Gasteiger partial charge in [0.1, 0.15) is 11.7 Å². The number of furan rings is 1. The normalized spacial score (nSPS) is 15.6. The molecule has 33 heavy (non-hydrogen) atoms. The van der Waals surface area contributed by atoms with Gasteiger partial charge in [-0.3, -0.25) is 9.98 Å². The van der Waals surface area contributed by atoms with Crippen LogP contribution in [0.1, 0.15) is 11.1 Å². The van der Waals surface area contributed by atoms with Crippen molar-refractivity contribution in [3.8, 4) is 22.9 Å². The molecular weight excluding hydrogens is 412 g/mol. The lowest BCUT2D eigenvalue weighted by Crippen LogP contribution is -2.19. The first-order valence-electron chi connectivity index (χ1n) is 11.2. The molecule has 5 aromatic rings. The van der Waals surface area contributed by atoms with Crippen molar-refractivity contribution < 1.29 is 4.42 Å². The van der Waals surface area contributed by atoms with Gasteiger partial charge < -0.3 is 25.0 Å². The molecule has 0 unspecified atom stereocenters. The summed E-state index contributed by atoms with van der Waals surface area (Å²) in [7, 11) is 0. The summed E-state index contributed by atoms with van der Waals surface area (Å²) in [5, 5.41) is 8.95. The Labute approximate surface area is 189 Å². The molecule has 0 fully saturated rings. The second kappa shape index (κ2) is 7.13. The number of aromatic amines is 2. The third-order valence-corrected chi connectivity index (χ3v) is 6.28. The summed E-state index contributed by atoms with van der Waals surface area (Å²) in [6.07, 6.45) is 0. The van der Waals surface area contributed by atoms with Crippen molar-refractivity contribution in [2.24, 2.45) is 9.98 Å². The summed E-state index contributed by atoms with van der Waals surface area (Å²) >= 11 is 0. The molecule has 4 N–H and O–H groups in total. The fourth-order valence-corrected chi connectivity index (χ4v) is 4.62. The van der Waals surface area contributed by atoms with E-state index >= 15 is 0 Å². The van der Waals surface area contributed by atoms with E-state index in [1.54, 1.807) is 0 Å². The number of H-pyrrole nitrogens is 2. The summed E-state index contributed by atoms with van der Waals surface area (Å²) in [6, 6.07) is 21.0. The molecule has 2 aliphatic rings. The van der Waals surface area contributed by atoms with Crippen LogP contribution in [0, 0.1) is 0 Å². The lowest BCUT2D eigenvalue weighted by Gasteiger charge is -2.01. The molecular formula is C26H22N6O. The van der Waals surface area contributed by atoms with Gasteiger partial charge in [0.05, 0.1) is 24.5 Å². The minimum atomic E-state index is 0.808. The standard InChI is InChI=1S/C26H22N6O/c1-3-17(25-27-7-8-28-25)13-19-15(1)11-21(31-19)23-5-6-24(33-23)22-12-16-2-4-18(14-20(16)32-22)26-29-9-10-30-26/h1-6,11-14,31-32H,7-10H2,(H,27,28)(H,29,30). The predicted octanol–water partition coefficient (Wildman–Crippen LogP) is 4.28. The van der Waals surface area contributed by atoms with E-state index in [4.69, 9.17) is 4.42 Å². The molecule has 7 nitrogen and oxygen atoms in total. The second-order valence-corrected chi connectivity index (χ2v) is 8.45. The summed E-state index contributed by atoms with van der Waals surface area (Å²) in [5.41, 5.74) is 6.25. The molecule has 0 radical (unpaired) electrons. The number of hydrogen-bond donors (Lipinski definition) is 4. The van der Waals surface area contributed by atoms with Gasteiger partial charge in [-0.2, -0.15) is 0 Å². The lowest BCUT2D eigenvalue weighted by molar-refractivity contribution is 0.594. The van der Waals surface area contributed by atoms with Crippen molar-refractivity contribution in [2.75, 3.05) is 26.2 Å². The smallest absolute Gasteiger partial charge is 0.151 e. The molecule has 0 spiro atoms. The van der Waals surface area contributed by atoms with E-state index in [0.717, 1.165) is 93.7 Å². The van der Waals surface area contributed by atoms with Crippen LogP contribution in [0.3, 0.4) is 0 Å². The largest absolute Gasteiger partial charge is 0.453 e. The Hall–Kier alpha value is -4.26. The Bertz CT molecular complexity index is 1460.